The van der Waals surface area contributed by atoms with Crippen LogP contribution < -0.4 is 9.47 Å². The number of hydrogen-bond donors (Lipinski definition) is 0. The lowest BCUT2D eigenvalue weighted by molar-refractivity contribution is -0.141. The number of carbonyl (C=O) groups excluding carboxylic acids is 1. The molecular weight excluding hydrogens is 431 g/mol. The number of piperidine rings is 1. The molecule has 1 fully saturated rings. The van der Waals surface area contributed by atoms with E-state index in [1.165, 1.54) is 14.2 Å². The number of benzene rings is 1. The number of amides is 1. The number of thioether (sulfide) groups is 1. The van der Waals surface area contributed by atoms with E-state index in [9.17, 15) is 18.0 Å². The average Bonchev–Trinajstić information content (AvgIpc) is 2.76. The molecule has 1 amide bonds. The third-order valence-electron chi connectivity index (χ3n) is 5.12. The number of hydrogen-bond acceptors (Lipinski definition) is 6. The number of halogens is 3. The lowest BCUT2D eigenvalue weighted by atomic mass is 10.0. The van der Waals surface area contributed by atoms with E-state index in [0.29, 0.717) is 23.6 Å². The number of methoxy groups -OCH3 is 2. The highest BCUT2D eigenvalue weighted by atomic mass is 32.2. The van der Waals surface area contributed by atoms with Crippen molar-refractivity contribution in [3.8, 4) is 22.8 Å². The number of rotatable bonds is 6. The number of ether oxygens (including phenoxy) is 2. The Bertz CT molecular complexity index is 940. The highest BCUT2D eigenvalue weighted by Gasteiger charge is 2.34. The van der Waals surface area contributed by atoms with Crippen molar-refractivity contribution in [1.82, 2.24) is 14.9 Å². The van der Waals surface area contributed by atoms with E-state index in [2.05, 4.69) is 9.97 Å². The second-order valence-corrected chi connectivity index (χ2v) is 8.15. The molecule has 0 radical (unpaired) electrons. The van der Waals surface area contributed by atoms with Gasteiger partial charge in [0, 0.05) is 18.2 Å². The molecule has 168 valence electrons. The first-order valence-corrected chi connectivity index (χ1v) is 10.8. The number of aromatic nitrogens is 2. The zero-order chi connectivity index (χ0) is 22.6. The SMILES string of the molecule is COc1ccc(-c2cc(C(F)(F)F)nc(SCC(=O)N3CCCC[C@H]3C)n2)cc1OC. The Kier molecular flexibility index (Phi) is 7.30. The third-order valence-corrected chi connectivity index (χ3v) is 5.96. The van der Waals surface area contributed by atoms with Crippen molar-refractivity contribution in [3.63, 3.8) is 0 Å². The van der Waals surface area contributed by atoms with E-state index >= 15 is 0 Å². The molecule has 1 aromatic carbocycles. The van der Waals surface area contributed by atoms with Gasteiger partial charge in [-0.3, -0.25) is 4.79 Å². The zero-order valence-corrected chi connectivity index (χ0v) is 18.3. The smallest absolute Gasteiger partial charge is 0.433 e. The Hall–Kier alpha value is -2.49. The normalized spacial score (nSPS) is 16.8. The molecule has 6 nitrogen and oxygen atoms in total. The van der Waals surface area contributed by atoms with Gasteiger partial charge in [-0.1, -0.05) is 11.8 Å². The van der Waals surface area contributed by atoms with Crippen LogP contribution in [0.15, 0.2) is 29.4 Å². The Morgan fingerprint density at radius 2 is 1.90 bits per heavy atom. The molecule has 3 rings (SSSR count). The molecule has 2 heterocycles. The maximum absolute atomic E-state index is 13.4. The second-order valence-electron chi connectivity index (χ2n) is 7.21. The van der Waals surface area contributed by atoms with E-state index in [1.54, 1.807) is 23.1 Å². The Labute approximate surface area is 183 Å². The molecule has 1 atom stereocenters. The van der Waals surface area contributed by atoms with E-state index in [0.717, 1.165) is 37.1 Å². The molecule has 1 aliphatic rings. The van der Waals surface area contributed by atoms with Crippen LogP contribution in [0.5, 0.6) is 11.5 Å². The van der Waals surface area contributed by atoms with Crippen LogP contribution in [0.25, 0.3) is 11.3 Å². The summed E-state index contributed by atoms with van der Waals surface area (Å²) in [6.45, 7) is 2.65. The molecule has 0 bridgehead atoms. The van der Waals surface area contributed by atoms with Crippen molar-refractivity contribution < 1.29 is 27.4 Å². The number of alkyl halides is 3. The zero-order valence-electron chi connectivity index (χ0n) is 17.5. The van der Waals surface area contributed by atoms with Gasteiger partial charge in [0.25, 0.3) is 0 Å². The first-order valence-electron chi connectivity index (χ1n) is 9.84. The van der Waals surface area contributed by atoms with E-state index in [4.69, 9.17) is 9.47 Å². The predicted octanol–water partition coefficient (Wildman–Crippen LogP) is 4.67. The fourth-order valence-corrected chi connectivity index (χ4v) is 4.20. The number of carbonyl (C=O) groups is 1. The van der Waals surface area contributed by atoms with Crippen LogP contribution in [0.2, 0.25) is 0 Å². The topological polar surface area (TPSA) is 64.5 Å². The molecule has 2 aromatic rings. The van der Waals surface area contributed by atoms with Crippen LogP contribution in [0.4, 0.5) is 13.2 Å². The van der Waals surface area contributed by atoms with Gasteiger partial charge in [-0.2, -0.15) is 13.2 Å². The summed E-state index contributed by atoms with van der Waals surface area (Å²) in [7, 11) is 2.91. The summed E-state index contributed by atoms with van der Waals surface area (Å²) in [6.07, 6.45) is -1.71. The highest BCUT2D eigenvalue weighted by molar-refractivity contribution is 7.99. The Morgan fingerprint density at radius 3 is 2.55 bits per heavy atom. The molecule has 0 spiro atoms. The van der Waals surface area contributed by atoms with Gasteiger partial charge in [0.05, 0.1) is 25.7 Å². The van der Waals surface area contributed by atoms with Crippen LogP contribution in [-0.2, 0) is 11.0 Å². The van der Waals surface area contributed by atoms with Gasteiger partial charge in [-0.15, -0.1) is 0 Å². The summed E-state index contributed by atoms with van der Waals surface area (Å²) in [4.78, 5) is 22.3. The maximum atomic E-state index is 13.4. The van der Waals surface area contributed by atoms with E-state index < -0.39 is 11.9 Å². The third kappa shape index (κ3) is 5.61. The molecule has 0 N–H and O–H groups in total. The second kappa shape index (κ2) is 9.76. The minimum atomic E-state index is -4.64. The van der Waals surface area contributed by atoms with Crippen molar-refractivity contribution in [3.05, 3.63) is 30.0 Å². The van der Waals surface area contributed by atoms with Crippen LogP contribution in [-0.4, -0.2) is 53.3 Å². The van der Waals surface area contributed by atoms with Crippen molar-refractivity contribution in [1.29, 1.82) is 0 Å². The summed E-state index contributed by atoms with van der Waals surface area (Å²) in [5.41, 5.74) is -0.554. The lowest BCUT2D eigenvalue weighted by Crippen LogP contribution is -2.42. The van der Waals surface area contributed by atoms with Crippen LogP contribution in [0.3, 0.4) is 0 Å². The quantitative estimate of drug-likeness (QED) is 0.466. The largest absolute Gasteiger partial charge is 0.493 e. The molecule has 0 unspecified atom stereocenters. The van der Waals surface area contributed by atoms with Gasteiger partial charge < -0.3 is 14.4 Å². The summed E-state index contributed by atoms with van der Waals surface area (Å²) >= 11 is 0.912. The van der Waals surface area contributed by atoms with Crippen LogP contribution >= 0.6 is 11.8 Å². The van der Waals surface area contributed by atoms with E-state index in [1.807, 2.05) is 6.92 Å². The first-order chi connectivity index (χ1) is 14.7. The first kappa shape index (κ1) is 23.2. The van der Waals surface area contributed by atoms with Crippen molar-refractivity contribution in [2.45, 2.75) is 43.6 Å². The van der Waals surface area contributed by atoms with Crippen molar-refractivity contribution >= 4 is 17.7 Å². The number of nitrogens with zero attached hydrogens (tertiary/aromatic N) is 3. The average molecular weight is 456 g/mol. The molecule has 31 heavy (non-hydrogen) atoms. The lowest BCUT2D eigenvalue weighted by Gasteiger charge is -2.33. The van der Waals surface area contributed by atoms with Crippen molar-refractivity contribution in [2.75, 3.05) is 26.5 Å². The standard InChI is InChI=1S/C21H24F3N3O3S/c1-13-6-4-5-9-27(13)19(28)12-31-20-25-15(11-18(26-20)21(22,23)24)14-7-8-16(29-2)17(10-14)30-3/h7-8,10-11,13H,4-6,9,12H2,1-3H3/t13-/m1/s1. The summed E-state index contributed by atoms with van der Waals surface area (Å²) in [5, 5.41) is -0.0994. The van der Waals surface area contributed by atoms with Crippen LogP contribution in [0.1, 0.15) is 31.9 Å². The summed E-state index contributed by atoms with van der Waals surface area (Å²) in [5.74, 6) is 0.686. The molecular formula is C21H24F3N3O3S. The van der Waals surface area contributed by atoms with Gasteiger partial charge in [-0.05, 0) is 50.5 Å². The molecule has 0 saturated carbocycles. The minimum absolute atomic E-state index is 0.0168. The van der Waals surface area contributed by atoms with Gasteiger partial charge in [-0.25, -0.2) is 9.97 Å². The highest BCUT2D eigenvalue weighted by Crippen LogP contribution is 2.35. The monoisotopic (exact) mass is 455 g/mol. The molecule has 1 aliphatic heterocycles. The Morgan fingerprint density at radius 1 is 1.16 bits per heavy atom. The van der Waals surface area contributed by atoms with E-state index in [-0.39, 0.29) is 28.6 Å². The van der Waals surface area contributed by atoms with Crippen molar-refractivity contribution in [2.24, 2.45) is 0 Å². The molecule has 1 saturated heterocycles. The molecule has 0 aliphatic carbocycles. The Balaban J connectivity index is 1.88. The summed E-state index contributed by atoms with van der Waals surface area (Å²) < 4.78 is 50.8. The predicted molar refractivity (Wildman–Crippen MR) is 111 cm³/mol. The molecule has 10 heteroatoms. The van der Waals surface area contributed by atoms with Gasteiger partial charge in [0.15, 0.2) is 16.7 Å². The van der Waals surface area contributed by atoms with Crippen LogP contribution in [0, 0.1) is 0 Å². The molecule has 1 aromatic heterocycles. The summed E-state index contributed by atoms with van der Waals surface area (Å²) in [6, 6.07) is 5.76. The van der Waals surface area contributed by atoms with Gasteiger partial charge in [0.2, 0.25) is 5.91 Å². The fourth-order valence-electron chi connectivity index (χ4n) is 3.46. The maximum Gasteiger partial charge on any atom is 0.433 e. The van der Waals surface area contributed by atoms with Gasteiger partial charge >= 0.3 is 6.18 Å². The number of likely N-dealkylation sites (tertiary alicyclic amines) is 1. The minimum Gasteiger partial charge on any atom is -0.493 e. The fraction of sp³-hybridized carbons (Fsp3) is 0.476. The van der Waals surface area contributed by atoms with Gasteiger partial charge in [0.1, 0.15) is 5.69 Å².